The zero-order valence-electron chi connectivity index (χ0n) is 33.5. The smallest absolute Gasteiger partial charge is 0.222 e. The van der Waals surface area contributed by atoms with Gasteiger partial charge < -0.3 is 20.6 Å². The van der Waals surface area contributed by atoms with Crippen LogP contribution in [0.3, 0.4) is 0 Å². The van der Waals surface area contributed by atoms with Crippen molar-refractivity contribution in [1.82, 2.24) is 5.32 Å². The Hall–Kier alpha value is -1.17. The second kappa shape index (κ2) is 40.6. The summed E-state index contributed by atoms with van der Waals surface area (Å²) in [6.07, 6.45) is 48.9. The Morgan fingerprint density at radius 2 is 0.840 bits per heavy atom. The Morgan fingerprint density at radius 3 is 1.22 bits per heavy atom. The van der Waals surface area contributed by atoms with E-state index in [-0.39, 0.29) is 18.9 Å². The van der Waals surface area contributed by atoms with E-state index in [1.54, 1.807) is 6.08 Å². The Bertz CT molecular complexity index is 739. The highest BCUT2D eigenvalue weighted by Crippen LogP contribution is 2.15. The lowest BCUT2D eigenvalue weighted by Crippen LogP contribution is -2.45. The molecular formula is C45H87NO4. The molecule has 50 heavy (non-hydrogen) atoms. The third-order valence-electron chi connectivity index (χ3n) is 10.2. The molecule has 0 spiro atoms. The highest BCUT2D eigenvalue weighted by molar-refractivity contribution is 5.76. The minimum absolute atomic E-state index is 0.00975. The molecule has 0 saturated heterocycles. The second-order valence-corrected chi connectivity index (χ2v) is 15.3. The summed E-state index contributed by atoms with van der Waals surface area (Å²) in [6.45, 7) is 4.22. The van der Waals surface area contributed by atoms with E-state index in [1.165, 1.54) is 167 Å². The predicted octanol–water partition coefficient (Wildman–Crippen LogP) is 12.6. The van der Waals surface area contributed by atoms with Gasteiger partial charge in [-0.2, -0.15) is 0 Å². The van der Waals surface area contributed by atoms with Crippen LogP contribution in [0, 0.1) is 0 Å². The van der Waals surface area contributed by atoms with Gasteiger partial charge in [-0.05, 0) is 44.9 Å². The van der Waals surface area contributed by atoms with E-state index in [1.807, 2.05) is 6.08 Å². The largest absolute Gasteiger partial charge is 0.394 e. The first-order chi connectivity index (χ1) is 24.5. The fraction of sp³-hybridized carbons (Fsp3) is 0.889. The van der Waals surface area contributed by atoms with Crippen molar-refractivity contribution in [2.75, 3.05) is 6.61 Å². The van der Waals surface area contributed by atoms with E-state index in [2.05, 4.69) is 31.3 Å². The summed E-state index contributed by atoms with van der Waals surface area (Å²) in [6, 6.07) is -0.744. The van der Waals surface area contributed by atoms with Crippen LogP contribution in [0.4, 0.5) is 0 Å². The fourth-order valence-corrected chi connectivity index (χ4v) is 6.81. The first-order valence-electron chi connectivity index (χ1n) is 22.1. The van der Waals surface area contributed by atoms with Crippen LogP contribution in [0.25, 0.3) is 0 Å². The number of aliphatic hydroxyl groups excluding tert-OH is 3. The summed E-state index contributed by atoms with van der Waals surface area (Å²) < 4.78 is 0. The monoisotopic (exact) mass is 706 g/mol. The standard InChI is InChI=1S/C45H87NO4/c1-3-5-7-9-11-13-15-17-19-21-22-23-24-26-28-30-32-34-36-38-42(48)40-45(50)46-43(41-47)44(49)39-37-35-33-31-29-27-25-20-18-16-14-12-10-8-6-4-2/h23-24,37,39,42-44,47-49H,3-22,25-36,38,40-41H2,1-2H3,(H,46,50)/b24-23-,39-37+. The molecule has 5 nitrogen and oxygen atoms in total. The molecule has 0 radical (unpaired) electrons. The van der Waals surface area contributed by atoms with Crippen LogP contribution in [0.15, 0.2) is 24.3 Å². The lowest BCUT2D eigenvalue weighted by molar-refractivity contribution is -0.124. The van der Waals surface area contributed by atoms with Gasteiger partial charge in [0, 0.05) is 0 Å². The van der Waals surface area contributed by atoms with Crippen LogP contribution in [-0.2, 0) is 4.79 Å². The highest BCUT2D eigenvalue weighted by atomic mass is 16.3. The molecular weight excluding hydrogens is 618 g/mol. The molecule has 3 unspecified atom stereocenters. The molecule has 296 valence electrons. The molecule has 0 fully saturated rings. The van der Waals surface area contributed by atoms with Gasteiger partial charge >= 0.3 is 0 Å². The van der Waals surface area contributed by atoms with Crippen LogP contribution in [0.1, 0.15) is 232 Å². The summed E-state index contributed by atoms with van der Waals surface area (Å²) in [5.41, 5.74) is 0. The lowest BCUT2D eigenvalue weighted by atomic mass is 10.0. The molecule has 1 amide bonds. The predicted molar refractivity (Wildman–Crippen MR) is 218 cm³/mol. The van der Waals surface area contributed by atoms with Gasteiger partial charge in [-0.1, -0.05) is 205 Å². The van der Waals surface area contributed by atoms with Crippen molar-refractivity contribution in [3.63, 3.8) is 0 Å². The number of carbonyl (C=O) groups is 1. The molecule has 0 rings (SSSR count). The minimum atomic E-state index is -0.928. The van der Waals surface area contributed by atoms with E-state index in [0.717, 1.165) is 38.5 Å². The number of allylic oxidation sites excluding steroid dienone is 3. The van der Waals surface area contributed by atoms with Crippen LogP contribution in [0.5, 0.6) is 0 Å². The van der Waals surface area contributed by atoms with Gasteiger partial charge in [-0.25, -0.2) is 0 Å². The molecule has 0 aliphatic heterocycles. The van der Waals surface area contributed by atoms with Crippen molar-refractivity contribution in [2.24, 2.45) is 0 Å². The maximum atomic E-state index is 12.4. The molecule has 0 aliphatic rings. The van der Waals surface area contributed by atoms with Gasteiger partial charge in [0.15, 0.2) is 0 Å². The first kappa shape index (κ1) is 48.8. The Balaban J connectivity index is 3.67. The van der Waals surface area contributed by atoms with Gasteiger partial charge in [0.05, 0.1) is 31.3 Å². The summed E-state index contributed by atoms with van der Waals surface area (Å²) in [7, 11) is 0. The third kappa shape index (κ3) is 36.6. The fourth-order valence-electron chi connectivity index (χ4n) is 6.81. The zero-order chi connectivity index (χ0) is 36.6. The summed E-state index contributed by atoms with van der Waals surface area (Å²) in [5, 5.41) is 33.2. The van der Waals surface area contributed by atoms with Crippen LogP contribution < -0.4 is 5.32 Å². The molecule has 0 aromatic carbocycles. The van der Waals surface area contributed by atoms with Gasteiger partial charge in [0.25, 0.3) is 0 Å². The topological polar surface area (TPSA) is 89.8 Å². The zero-order valence-corrected chi connectivity index (χ0v) is 33.5. The molecule has 0 heterocycles. The summed E-state index contributed by atoms with van der Waals surface area (Å²) in [4.78, 5) is 12.4. The maximum Gasteiger partial charge on any atom is 0.222 e. The number of unbranched alkanes of at least 4 members (excludes halogenated alkanes) is 29. The van der Waals surface area contributed by atoms with E-state index in [9.17, 15) is 20.1 Å². The number of nitrogens with one attached hydrogen (secondary N) is 1. The molecule has 0 aromatic rings. The average Bonchev–Trinajstić information content (AvgIpc) is 3.11. The number of hydrogen-bond acceptors (Lipinski definition) is 4. The first-order valence-corrected chi connectivity index (χ1v) is 22.1. The SMILES string of the molecule is CCCCCCCCCCCC/C=C\CCCCCCCC(O)CC(=O)NC(CO)C(O)/C=C/CCCCCCCCCCCCCCCC. The number of aliphatic hydroxyl groups is 3. The van der Waals surface area contributed by atoms with Gasteiger partial charge in [0.1, 0.15) is 0 Å². The molecule has 5 heteroatoms. The number of hydrogen-bond donors (Lipinski definition) is 4. The quantitative estimate of drug-likeness (QED) is 0.0377. The number of carbonyl (C=O) groups excluding carboxylic acids is 1. The van der Waals surface area contributed by atoms with Crippen molar-refractivity contribution in [3.8, 4) is 0 Å². The van der Waals surface area contributed by atoms with E-state index < -0.39 is 18.2 Å². The number of amides is 1. The normalized spacial score (nSPS) is 13.8. The van der Waals surface area contributed by atoms with Crippen molar-refractivity contribution >= 4 is 5.91 Å². The van der Waals surface area contributed by atoms with Gasteiger partial charge in [0.2, 0.25) is 5.91 Å². The van der Waals surface area contributed by atoms with E-state index in [0.29, 0.717) is 6.42 Å². The number of rotatable bonds is 40. The molecule has 0 saturated carbocycles. The van der Waals surface area contributed by atoms with Gasteiger partial charge in [-0.3, -0.25) is 4.79 Å². The molecule has 0 bridgehead atoms. The minimum Gasteiger partial charge on any atom is -0.394 e. The summed E-state index contributed by atoms with van der Waals surface area (Å²) >= 11 is 0. The van der Waals surface area contributed by atoms with Crippen LogP contribution in [-0.4, -0.2) is 46.1 Å². The second-order valence-electron chi connectivity index (χ2n) is 15.3. The Labute approximate surface area is 312 Å². The van der Waals surface area contributed by atoms with Crippen molar-refractivity contribution < 1.29 is 20.1 Å². The Morgan fingerprint density at radius 1 is 0.500 bits per heavy atom. The highest BCUT2D eigenvalue weighted by Gasteiger charge is 2.20. The molecule has 0 aliphatic carbocycles. The van der Waals surface area contributed by atoms with Crippen molar-refractivity contribution in [1.29, 1.82) is 0 Å². The third-order valence-corrected chi connectivity index (χ3v) is 10.2. The molecule has 0 aromatic heterocycles. The summed E-state index contributed by atoms with van der Waals surface area (Å²) in [5.74, 6) is -0.319. The van der Waals surface area contributed by atoms with E-state index >= 15 is 0 Å². The molecule has 4 N–H and O–H groups in total. The van der Waals surface area contributed by atoms with Crippen LogP contribution >= 0.6 is 0 Å². The van der Waals surface area contributed by atoms with E-state index in [4.69, 9.17) is 0 Å². The van der Waals surface area contributed by atoms with Gasteiger partial charge in [-0.15, -0.1) is 0 Å². The lowest BCUT2D eigenvalue weighted by Gasteiger charge is -2.21. The van der Waals surface area contributed by atoms with Crippen molar-refractivity contribution in [3.05, 3.63) is 24.3 Å². The Kier molecular flexibility index (Phi) is 39.6. The molecule has 3 atom stereocenters. The van der Waals surface area contributed by atoms with Crippen molar-refractivity contribution in [2.45, 2.75) is 250 Å². The average molecular weight is 706 g/mol. The maximum absolute atomic E-state index is 12.4. The van der Waals surface area contributed by atoms with Crippen LogP contribution in [0.2, 0.25) is 0 Å².